The SMILES string of the molecule is CCC[Si](OC)(OC)OCCC(N)(N)N. The second-order valence-corrected chi connectivity index (χ2v) is 6.52. The molecule has 0 atom stereocenters. The molecule has 0 unspecified atom stereocenters. The van der Waals surface area contributed by atoms with Crippen LogP contribution in [0.15, 0.2) is 0 Å². The fourth-order valence-electron chi connectivity index (χ4n) is 1.17. The van der Waals surface area contributed by atoms with Crippen LogP contribution in [0, 0.1) is 0 Å². The zero-order valence-corrected chi connectivity index (χ0v) is 10.8. The van der Waals surface area contributed by atoms with Crippen molar-refractivity contribution in [1.29, 1.82) is 0 Å². The Bertz CT molecular complexity index is 171. The largest absolute Gasteiger partial charge is 0.500 e. The Morgan fingerprint density at radius 1 is 1.13 bits per heavy atom. The summed E-state index contributed by atoms with van der Waals surface area (Å²) in [5.41, 5.74) is 16.3. The molecule has 0 amide bonds. The van der Waals surface area contributed by atoms with Crippen LogP contribution in [-0.4, -0.2) is 35.4 Å². The van der Waals surface area contributed by atoms with Crippen molar-refractivity contribution < 1.29 is 13.3 Å². The van der Waals surface area contributed by atoms with Crippen molar-refractivity contribution >= 4 is 8.80 Å². The molecule has 6 N–H and O–H groups in total. The Morgan fingerprint density at radius 2 is 1.67 bits per heavy atom. The maximum absolute atomic E-state index is 5.60. The van der Waals surface area contributed by atoms with E-state index in [0.717, 1.165) is 12.5 Å². The van der Waals surface area contributed by atoms with Crippen LogP contribution in [0.3, 0.4) is 0 Å². The maximum Gasteiger partial charge on any atom is 0.500 e. The lowest BCUT2D eigenvalue weighted by Gasteiger charge is -2.27. The van der Waals surface area contributed by atoms with E-state index < -0.39 is 14.6 Å². The van der Waals surface area contributed by atoms with Crippen LogP contribution in [0.2, 0.25) is 6.04 Å². The van der Waals surface area contributed by atoms with Crippen LogP contribution in [0.1, 0.15) is 19.8 Å². The fourth-order valence-corrected chi connectivity index (χ4v) is 3.15. The summed E-state index contributed by atoms with van der Waals surface area (Å²) in [6, 6.07) is 0.771. The molecule has 15 heavy (non-hydrogen) atoms. The molecule has 0 spiro atoms. The zero-order valence-electron chi connectivity index (χ0n) is 9.79. The molecule has 0 heterocycles. The maximum atomic E-state index is 5.60. The van der Waals surface area contributed by atoms with Crippen LogP contribution in [0.4, 0.5) is 0 Å². The van der Waals surface area contributed by atoms with Crippen LogP contribution >= 0.6 is 0 Å². The monoisotopic (exact) mass is 237 g/mol. The van der Waals surface area contributed by atoms with E-state index in [0.29, 0.717) is 13.0 Å². The van der Waals surface area contributed by atoms with Gasteiger partial charge in [-0.05, 0) is 0 Å². The van der Waals surface area contributed by atoms with Gasteiger partial charge in [-0.3, -0.25) is 0 Å². The molecule has 0 aliphatic rings. The van der Waals surface area contributed by atoms with Crippen LogP contribution in [0.25, 0.3) is 0 Å². The first-order valence-electron chi connectivity index (χ1n) is 5.00. The normalized spacial score (nSPS) is 13.2. The van der Waals surface area contributed by atoms with Gasteiger partial charge in [-0.1, -0.05) is 13.3 Å². The molecule has 0 aromatic rings. The quantitative estimate of drug-likeness (QED) is 0.390. The Labute approximate surface area is 92.4 Å². The predicted molar refractivity (Wildman–Crippen MR) is 60.7 cm³/mol. The molecule has 0 saturated carbocycles. The summed E-state index contributed by atoms with van der Waals surface area (Å²) in [6.45, 7) is 2.39. The summed E-state index contributed by atoms with van der Waals surface area (Å²) in [7, 11) is 0.669. The van der Waals surface area contributed by atoms with Gasteiger partial charge in [0.15, 0.2) is 0 Å². The fraction of sp³-hybridized carbons (Fsp3) is 1.00. The van der Waals surface area contributed by atoms with Gasteiger partial charge < -0.3 is 30.5 Å². The molecule has 0 bridgehead atoms. The molecule has 92 valence electrons. The van der Waals surface area contributed by atoms with Crippen LogP contribution in [-0.2, 0) is 13.3 Å². The summed E-state index contributed by atoms with van der Waals surface area (Å²) in [4.78, 5) is 0. The van der Waals surface area contributed by atoms with Gasteiger partial charge in [0.1, 0.15) is 5.79 Å². The van der Waals surface area contributed by atoms with E-state index in [1.165, 1.54) is 0 Å². The number of nitrogens with two attached hydrogens (primary N) is 3. The minimum atomic E-state index is -2.51. The van der Waals surface area contributed by atoms with E-state index in [2.05, 4.69) is 0 Å². The minimum Gasteiger partial charge on any atom is -0.377 e. The third-order valence-corrected chi connectivity index (χ3v) is 5.04. The van der Waals surface area contributed by atoms with E-state index >= 15 is 0 Å². The minimum absolute atomic E-state index is 0.345. The van der Waals surface area contributed by atoms with Crippen LogP contribution < -0.4 is 17.2 Å². The lowest BCUT2D eigenvalue weighted by Crippen LogP contribution is -2.59. The summed E-state index contributed by atoms with van der Waals surface area (Å²) in [5, 5.41) is 0. The number of hydrogen-bond donors (Lipinski definition) is 3. The van der Waals surface area contributed by atoms with Crippen LogP contribution in [0.5, 0.6) is 0 Å². The molecule has 0 aromatic heterocycles. The first-order valence-corrected chi connectivity index (χ1v) is 6.93. The van der Waals surface area contributed by atoms with Crippen molar-refractivity contribution in [3.63, 3.8) is 0 Å². The lowest BCUT2D eigenvalue weighted by atomic mass is 10.3. The van der Waals surface area contributed by atoms with Gasteiger partial charge in [0, 0.05) is 33.3 Å². The molecular weight excluding hydrogens is 214 g/mol. The van der Waals surface area contributed by atoms with E-state index in [4.69, 9.17) is 30.5 Å². The van der Waals surface area contributed by atoms with Gasteiger partial charge in [0.05, 0.1) is 0 Å². The van der Waals surface area contributed by atoms with Crippen molar-refractivity contribution in [2.75, 3.05) is 20.8 Å². The van der Waals surface area contributed by atoms with Gasteiger partial charge >= 0.3 is 8.80 Å². The molecular formula is C8H23N3O3Si. The molecule has 0 aliphatic carbocycles. The molecule has 6 nitrogen and oxygen atoms in total. The Balaban J connectivity index is 4.06. The highest BCUT2D eigenvalue weighted by Crippen LogP contribution is 2.16. The smallest absolute Gasteiger partial charge is 0.377 e. The van der Waals surface area contributed by atoms with E-state index in [1.807, 2.05) is 6.92 Å². The van der Waals surface area contributed by atoms with Crippen molar-refractivity contribution in [3.05, 3.63) is 0 Å². The van der Waals surface area contributed by atoms with E-state index in [9.17, 15) is 0 Å². The lowest BCUT2D eigenvalue weighted by molar-refractivity contribution is 0.0902. The second-order valence-electron chi connectivity index (χ2n) is 3.55. The third-order valence-electron chi connectivity index (χ3n) is 2.04. The third kappa shape index (κ3) is 6.20. The summed E-state index contributed by atoms with van der Waals surface area (Å²) in [5.74, 6) is -1.20. The first kappa shape index (κ1) is 15.0. The Morgan fingerprint density at radius 3 is 2.00 bits per heavy atom. The number of hydrogen-bond acceptors (Lipinski definition) is 6. The van der Waals surface area contributed by atoms with E-state index in [-0.39, 0.29) is 0 Å². The highest BCUT2D eigenvalue weighted by atomic mass is 28.4. The Kier molecular flexibility index (Phi) is 6.53. The Hall–Kier alpha value is -0.0231. The van der Waals surface area contributed by atoms with Crippen molar-refractivity contribution in [1.82, 2.24) is 0 Å². The van der Waals surface area contributed by atoms with Crippen molar-refractivity contribution in [2.45, 2.75) is 31.6 Å². The molecule has 0 aromatic carbocycles. The summed E-state index contributed by atoms with van der Waals surface area (Å²) >= 11 is 0. The molecule has 0 rings (SSSR count). The van der Waals surface area contributed by atoms with Gasteiger partial charge in [0.25, 0.3) is 0 Å². The van der Waals surface area contributed by atoms with Crippen molar-refractivity contribution in [3.8, 4) is 0 Å². The molecule has 7 heteroatoms. The average Bonchev–Trinajstić information content (AvgIpc) is 2.14. The molecule has 0 aliphatic heterocycles. The van der Waals surface area contributed by atoms with Gasteiger partial charge in [-0.15, -0.1) is 0 Å². The average molecular weight is 237 g/mol. The first-order chi connectivity index (χ1) is 6.89. The van der Waals surface area contributed by atoms with Crippen molar-refractivity contribution in [2.24, 2.45) is 17.2 Å². The molecule has 0 saturated heterocycles. The molecule has 0 radical (unpaired) electrons. The van der Waals surface area contributed by atoms with Gasteiger partial charge in [0.2, 0.25) is 0 Å². The summed E-state index contributed by atoms with van der Waals surface area (Å²) in [6.07, 6.45) is 1.30. The van der Waals surface area contributed by atoms with E-state index in [1.54, 1.807) is 14.2 Å². The highest BCUT2D eigenvalue weighted by molar-refractivity contribution is 6.60. The highest BCUT2D eigenvalue weighted by Gasteiger charge is 2.38. The zero-order chi connectivity index (χ0) is 11.9. The summed E-state index contributed by atoms with van der Waals surface area (Å²) < 4.78 is 16.2. The predicted octanol–water partition coefficient (Wildman–Crippen LogP) is -0.435. The topological polar surface area (TPSA) is 106 Å². The van der Waals surface area contributed by atoms with Gasteiger partial charge in [-0.2, -0.15) is 0 Å². The molecule has 0 fully saturated rings. The van der Waals surface area contributed by atoms with Gasteiger partial charge in [-0.25, -0.2) is 0 Å². The number of rotatable bonds is 8. The standard InChI is InChI=1S/C8H23N3O3Si/c1-4-7-15(12-2,13-3)14-6-5-8(9,10)11/h4-7,9-11H2,1-3H3. The second kappa shape index (κ2) is 6.54.